The van der Waals surface area contributed by atoms with Gasteiger partial charge in [0, 0.05) is 0 Å². The van der Waals surface area contributed by atoms with Crippen LogP contribution in [0.15, 0.2) is 30.3 Å². The quantitative estimate of drug-likeness (QED) is 0.778. The molecule has 0 bridgehead atoms. The van der Waals surface area contributed by atoms with Gasteiger partial charge < -0.3 is 0 Å². The van der Waals surface area contributed by atoms with Crippen molar-refractivity contribution in [2.75, 3.05) is 0 Å². The van der Waals surface area contributed by atoms with Crippen molar-refractivity contribution in [2.24, 2.45) is 0 Å². The second-order valence-electron chi connectivity index (χ2n) is 4.29. The molecule has 0 amide bonds. The maximum atomic E-state index is 9.20. The highest BCUT2D eigenvalue weighted by Crippen LogP contribution is 2.41. The lowest BCUT2D eigenvalue weighted by Gasteiger charge is -2.31. The molecule has 1 saturated carbocycles. The van der Waals surface area contributed by atoms with E-state index < -0.39 is 5.41 Å². The van der Waals surface area contributed by atoms with Crippen LogP contribution in [0, 0.1) is 11.3 Å². The van der Waals surface area contributed by atoms with Crippen molar-refractivity contribution >= 4 is 0 Å². The molecule has 0 saturated heterocycles. The monoisotopic (exact) mass is 225 g/mol. The standard InChI is InChI=1S/C12H11N5/c13-9-12(7-4-8-12)11-14-16-17(15-11)10-5-2-1-3-6-10/h1-3,5-6H,4,7-8H2. The van der Waals surface area contributed by atoms with E-state index in [9.17, 15) is 5.26 Å². The van der Waals surface area contributed by atoms with Gasteiger partial charge in [0.15, 0.2) is 5.82 Å². The van der Waals surface area contributed by atoms with Gasteiger partial charge >= 0.3 is 0 Å². The minimum atomic E-state index is -0.493. The molecule has 0 N–H and O–H groups in total. The van der Waals surface area contributed by atoms with E-state index in [0.29, 0.717) is 5.82 Å². The van der Waals surface area contributed by atoms with E-state index in [0.717, 1.165) is 24.9 Å². The fraction of sp³-hybridized carbons (Fsp3) is 0.333. The van der Waals surface area contributed by atoms with Gasteiger partial charge in [-0.25, -0.2) is 0 Å². The van der Waals surface area contributed by atoms with Crippen molar-refractivity contribution in [3.63, 3.8) is 0 Å². The van der Waals surface area contributed by atoms with Gasteiger partial charge in [0.25, 0.3) is 0 Å². The van der Waals surface area contributed by atoms with Crippen LogP contribution in [0.3, 0.4) is 0 Å². The highest BCUT2D eigenvalue weighted by molar-refractivity contribution is 5.29. The third-order valence-corrected chi connectivity index (χ3v) is 3.25. The molecule has 1 aliphatic carbocycles. The van der Waals surface area contributed by atoms with Crippen LogP contribution in [0.5, 0.6) is 0 Å². The van der Waals surface area contributed by atoms with Gasteiger partial charge in [-0.3, -0.25) is 0 Å². The number of para-hydroxylation sites is 1. The Labute approximate surface area is 98.7 Å². The molecule has 1 aromatic heterocycles. The molecule has 0 unspecified atom stereocenters. The maximum absolute atomic E-state index is 9.20. The highest BCUT2D eigenvalue weighted by atomic mass is 15.6. The molecule has 3 rings (SSSR count). The molecule has 5 heteroatoms. The number of rotatable bonds is 2. The van der Waals surface area contributed by atoms with E-state index in [2.05, 4.69) is 21.5 Å². The average Bonchev–Trinajstić information content (AvgIpc) is 2.80. The SMILES string of the molecule is N#CC1(c2nnn(-c3ccccc3)n2)CCC1. The minimum Gasteiger partial charge on any atom is -0.197 e. The number of nitriles is 1. The molecule has 17 heavy (non-hydrogen) atoms. The average molecular weight is 225 g/mol. The Bertz CT molecular complexity index is 562. The normalized spacial score (nSPS) is 17.1. The summed E-state index contributed by atoms with van der Waals surface area (Å²) in [5, 5.41) is 21.5. The van der Waals surface area contributed by atoms with Crippen molar-refractivity contribution in [1.29, 1.82) is 5.26 Å². The molecule has 0 atom stereocenters. The van der Waals surface area contributed by atoms with Crippen molar-refractivity contribution in [3.05, 3.63) is 36.2 Å². The third kappa shape index (κ3) is 1.49. The summed E-state index contributed by atoms with van der Waals surface area (Å²) in [4.78, 5) is 1.48. The first-order valence-electron chi connectivity index (χ1n) is 5.61. The molecule has 1 aliphatic rings. The van der Waals surface area contributed by atoms with Gasteiger partial charge in [0.05, 0.1) is 11.8 Å². The Balaban J connectivity index is 1.97. The molecule has 1 heterocycles. The smallest absolute Gasteiger partial charge is 0.195 e. The van der Waals surface area contributed by atoms with Crippen molar-refractivity contribution < 1.29 is 0 Å². The summed E-state index contributed by atoms with van der Waals surface area (Å²) in [5.41, 5.74) is 0.367. The molecule has 0 radical (unpaired) electrons. The van der Waals surface area contributed by atoms with Gasteiger partial charge in [-0.05, 0) is 36.6 Å². The summed E-state index contributed by atoms with van der Waals surface area (Å²) in [5.74, 6) is 0.551. The first kappa shape index (κ1) is 9.97. The summed E-state index contributed by atoms with van der Waals surface area (Å²) in [6.07, 6.45) is 2.74. The van der Waals surface area contributed by atoms with E-state index in [1.54, 1.807) is 0 Å². The molecular formula is C12H11N5. The van der Waals surface area contributed by atoms with E-state index in [4.69, 9.17) is 0 Å². The number of hydrogen-bond donors (Lipinski definition) is 0. The highest BCUT2D eigenvalue weighted by Gasteiger charge is 2.43. The molecule has 1 aromatic carbocycles. The van der Waals surface area contributed by atoms with E-state index in [1.165, 1.54) is 4.80 Å². The largest absolute Gasteiger partial charge is 0.197 e. The van der Waals surface area contributed by atoms with Gasteiger partial charge in [-0.1, -0.05) is 18.2 Å². The zero-order chi connectivity index (χ0) is 11.7. The number of tetrazole rings is 1. The van der Waals surface area contributed by atoms with Crippen LogP contribution in [0.25, 0.3) is 5.69 Å². The summed E-state index contributed by atoms with van der Waals surface area (Å²) in [7, 11) is 0. The van der Waals surface area contributed by atoms with Crippen LogP contribution < -0.4 is 0 Å². The Morgan fingerprint density at radius 1 is 1.24 bits per heavy atom. The topological polar surface area (TPSA) is 67.4 Å². The molecule has 1 fully saturated rings. The summed E-state index contributed by atoms with van der Waals surface area (Å²) < 4.78 is 0. The van der Waals surface area contributed by atoms with Crippen molar-refractivity contribution in [2.45, 2.75) is 24.7 Å². The number of benzene rings is 1. The zero-order valence-corrected chi connectivity index (χ0v) is 9.24. The predicted molar refractivity (Wildman–Crippen MR) is 60.3 cm³/mol. The van der Waals surface area contributed by atoms with Gasteiger partial charge in [0.2, 0.25) is 0 Å². The van der Waals surface area contributed by atoms with Crippen LogP contribution in [0.1, 0.15) is 25.1 Å². The second-order valence-corrected chi connectivity index (χ2v) is 4.29. The Kier molecular flexibility index (Phi) is 2.15. The molecule has 84 valence electrons. The summed E-state index contributed by atoms with van der Waals surface area (Å²) in [6.45, 7) is 0. The van der Waals surface area contributed by atoms with Crippen LogP contribution in [-0.4, -0.2) is 20.2 Å². The summed E-state index contributed by atoms with van der Waals surface area (Å²) in [6, 6.07) is 11.9. The first-order chi connectivity index (χ1) is 8.34. The first-order valence-corrected chi connectivity index (χ1v) is 5.61. The van der Waals surface area contributed by atoms with Gasteiger partial charge in [-0.15, -0.1) is 15.0 Å². The van der Waals surface area contributed by atoms with Gasteiger partial charge in [-0.2, -0.15) is 5.26 Å². The fourth-order valence-electron chi connectivity index (χ4n) is 1.99. The van der Waals surface area contributed by atoms with Crippen molar-refractivity contribution in [1.82, 2.24) is 20.2 Å². The molecule has 0 aliphatic heterocycles. The lowest BCUT2D eigenvalue weighted by atomic mass is 9.69. The fourth-order valence-corrected chi connectivity index (χ4v) is 1.99. The van der Waals surface area contributed by atoms with Crippen LogP contribution in [-0.2, 0) is 5.41 Å². The second kappa shape index (κ2) is 3.67. The Morgan fingerprint density at radius 2 is 2.00 bits per heavy atom. The Hall–Kier alpha value is -2.22. The molecule has 2 aromatic rings. The number of hydrogen-bond acceptors (Lipinski definition) is 4. The lowest BCUT2D eigenvalue weighted by molar-refractivity contribution is 0.307. The number of nitrogens with zero attached hydrogens (tertiary/aromatic N) is 5. The van der Waals surface area contributed by atoms with Crippen molar-refractivity contribution in [3.8, 4) is 11.8 Å². The molecule has 0 spiro atoms. The maximum Gasteiger partial charge on any atom is 0.195 e. The zero-order valence-electron chi connectivity index (χ0n) is 9.24. The van der Waals surface area contributed by atoms with E-state index in [1.807, 2.05) is 30.3 Å². The third-order valence-electron chi connectivity index (χ3n) is 3.25. The van der Waals surface area contributed by atoms with E-state index >= 15 is 0 Å². The molecule has 5 nitrogen and oxygen atoms in total. The minimum absolute atomic E-state index is 0.493. The van der Waals surface area contributed by atoms with E-state index in [-0.39, 0.29) is 0 Å². The van der Waals surface area contributed by atoms with Crippen LogP contribution in [0.2, 0.25) is 0 Å². The van der Waals surface area contributed by atoms with Gasteiger partial charge in [0.1, 0.15) is 5.41 Å². The van der Waals surface area contributed by atoms with Crippen LogP contribution >= 0.6 is 0 Å². The van der Waals surface area contributed by atoms with Crippen LogP contribution in [0.4, 0.5) is 0 Å². The predicted octanol–water partition coefficient (Wildman–Crippen LogP) is 1.61. The number of aromatic nitrogens is 4. The Morgan fingerprint density at radius 3 is 2.59 bits per heavy atom. The summed E-state index contributed by atoms with van der Waals surface area (Å²) >= 11 is 0. The molecular weight excluding hydrogens is 214 g/mol. The lowest BCUT2D eigenvalue weighted by Crippen LogP contribution is -2.33.